The fourth-order valence-electron chi connectivity index (χ4n) is 2.99. The van der Waals surface area contributed by atoms with Gasteiger partial charge in [-0.2, -0.15) is 0 Å². The van der Waals surface area contributed by atoms with Crippen molar-refractivity contribution in [2.45, 2.75) is 19.9 Å². The van der Waals surface area contributed by atoms with E-state index in [9.17, 15) is 9.59 Å². The molecule has 0 spiro atoms. The Hall–Kier alpha value is -2.67. The number of esters is 1. The average molecular weight is 357 g/mol. The van der Waals surface area contributed by atoms with E-state index in [1.54, 1.807) is 13.3 Å². The van der Waals surface area contributed by atoms with E-state index in [2.05, 4.69) is 4.98 Å². The summed E-state index contributed by atoms with van der Waals surface area (Å²) >= 11 is 0. The summed E-state index contributed by atoms with van der Waals surface area (Å²) < 4.78 is 12.2. The van der Waals surface area contributed by atoms with Gasteiger partial charge in [0.15, 0.2) is 5.69 Å². The monoisotopic (exact) mass is 357 g/mol. The lowest BCUT2D eigenvalue weighted by Crippen LogP contribution is -2.40. The maximum atomic E-state index is 12.4. The minimum absolute atomic E-state index is 0.0821. The number of hydrogen-bond acceptors (Lipinski definition) is 5. The number of aryl methyl sites for hydroxylation is 1. The third kappa shape index (κ3) is 4.11. The molecule has 1 aromatic carbocycles. The second kappa shape index (κ2) is 8.62. The van der Waals surface area contributed by atoms with Gasteiger partial charge in [-0.15, -0.1) is 0 Å². The van der Waals surface area contributed by atoms with Crippen LogP contribution in [0.5, 0.6) is 0 Å². The van der Waals surface area contributed by atoms with Crippen LogP contribution in [0.4, 0.5) is 0 Å². The van der Waals surface area contributed by atoms with Crippen molar-refractivity contribution in [2.24, 2.45) is 0 Å². The molecule has 7 nitrogen and oxygen atoms in total. The smallest absolute Gasteiger partial charge is 0.359 e. The minimum Gasteiger partial charge on any atom is -0.461 e. The Bertz CT molecular complexity index is 751. The number of amides is 1. The number of carbonyl (C=O) groups is 2. The number of benzene rings is 1. The number of aromatic nitrogens is 2. The second-order valence-electron chi connectivity index (χ2n) is 5.96. The van der Waals surface area contributed by atoms with Gasteiger partial charge in [-0.3, -0.25) is 4.79 Å². The standard InChI is InChI=1S/C19H23N3O4/c1-2-26-19(24)17-18(15-6-4-3-5-7-15)22(14-20-17)9-8-16(23)21-10-12-25-13-11-21/h3-7,14H,2,8-13H2,1H3. The number of morpholine rings is 1. The summed E-state index contributed by atoms with van der Waals surface area (Å²) in [7, 11) is 0. The lowest BCUT2D eigenvalue weighted by atomic mass is 10.1. The molecule has 0 saturated carbocycles. The topological polar surface area (TPSA) is 73.7 Å². The number of hydrogen-bond donors (Lipinski definition) is 0. The Morgan fingerprint density at radius 3 is 2.62 bits per heavy atom. The van der Waals surface area contributed by atoms with E-state index in [1.807, 2.05) is 39.8 Å². The van der Waals surface area contributed by atoms with Gasteiger partial charge in [0.25, 0.3) is 0 Å². The van der Waals surface area contributed by atoms with E-state index < -0.39 is 5.97 Å². The van der Waals surface area contributed by atoms with Gasteiger partial charge in [-0.05, 0) is 6.92 Å². The predicted octanol–water partition coefficient (Wildman–Crippen LogP) is 1.98. The summed E-state index contributed by atoms with van der Waals surface area (Å²) in [5, 5.41) is 0. The van der Waals surface area contributed by atoms with Gasteiger partial charge in [0, 0.05) is 31.6 Å². The van der Waals surface area contributed by atoms with Crippen molar-refractivity contribution in [3.05, 3.63) is 42.4 Å². The molecule has 7 heteroatoms. The molecule has 1 aliphatic heterocycles. The normalized spacial score (nSPS) is 14.3. The molecule has 138 valence electrons. The highest BCUT2D eigenvalue weighted by Gasteiger charge is 2.22. The maximum Gasteiger partial charge on any atom is 0.359 e. The maximum absolute atomic E-state index is 12.4. The third-order valence-corrected chi connectivity index (χ3v) is 4.28. The Kier molecular flexibility index (Phi) is 6.01. The van der Waals surface area contributed by atoms with Crippen LogP contribution in [0, 0.1) is 0 Å². The highest BCUT2D eigenvalue weighted by atomic mass is 16.5. The first kappa shape index (κ1) is 18.1. The summed E-state index contributed by atoms with van der Waals surface area (Å²) in [6.45, 7) is 4.92. The summed E-state index contributed by atoms with van der Waals surface area (Å²) in [4.78, 5) is 30.7. The van der Waals surface area contributed by atoms with Crippen LogP contribution in [-0.2, 0) is 20.8 Å². The summed E-state index contributed by atoms with van der Waals surface area (Å²) in [6, 6.07) is 9.55. The predicted molar refractivity (Wildman–Crippen MR) is 95.6 cm³/mol. The van der Waals surface area contributed by atoms with E-state index in [0.29, 0.717) is 45.0 Å². The quantitative estimate of drug-likeness (QED) is 0.739. The molecule has 1 amide bonds. The molecule has 0 atom stereocenters. The Labute approximate surface area is 152 Å². The molecule has 3 rings (SSSR count). The van der Waals surface area contributed by atoms with Gasteiger partial charge < -0.3 is 18.9 Å². The van der Waals surface area contributed by atoms with Crippen molar-refractivity contribution < 1.29 is 19.1 Å². The molecule has 0 aliphatic carbocycles. The van der Waals surface area contributed by atoms with Crippen molar-refractivity contribution in [3.8, 4) is 11.3 Å². The van der Waals surface area contributed by atoms with Crippen LogP contribution < -0.4 is 0 Å². The summed E-state index contributed by atoms with van der Waals surface area (Å²) in [5.41, 5.74) is 1.82. The lowest BCUT2D eigenvalue weighted by molar-refractivity contribution is -0.135. The first-order valence-electron chi connectivity index (χ1n) is 8.84. The van der Waals surface area contributed by atoms with E-state index in [0.717, 1.165) is 5.56 Å². The molecule has 1 aromatic heterocycles. The number of rotatable bonds is 6. The molecule has 2 aromatic rings. The number of imidazole rings is 1. The first-order valence-corrected chi connectivity index (χ1v) is 8.84. The van der Waals surface area contributed by atoms with Gasteiger partial charge >= 0.3 is 5.97 Å². The molecule has 1 fully saturated rings. The van der Waals surface area contributed by atoms with E-state index in [4.69, 9.17) is 9.47 Å². The Balaban J connectivity index is 1.80. The average Bonchev–Trinajstić information content (AvgIpc) is 3.12. The van der Waals surface area contributed by atoms with Crippen molar-refractivity contribution in [2.75, 3.05) is 32.9 Å². The van der Waals surface area contributed by atoms with Crippen LogP contribution >= 0.6 is 0 Å². The Morgan fingerprint density at radius 1 is 1.19 bits per heavy atom. The highest BCUT2D eigenvalue weighted by molar-refractivity contribution is 5.94. The van der Waals surface area contributed by atoms with Crippen molar-refractivity contribution in [3.63, 3.8) is 0 Å². The molecule has 0 N–H and O–H groups in total. The molecular formula is C19H23N3O4. The van der Waals surface area contributed by atoms with Crippen LogP contribution in [0.15, 0.2) is 36.7 Å². The molecule has 2 heterocycles. The van der Waals surface area contributed by atoms with Crippen molar-refractivity contribution in [1.29, 1.82) is 0 Å². The third-order valence-electron chi connectivity index (χ3n) is 4.28. The molecule has 0 bridgehead atoms. The van der Waals surface area contributed by atoms with E-state index in [-0.39, 0.29) is 18.2 Å². The molecule has 0 unspecified atom stereocenters. The molecule has 1 saturated heterocycles. The van der Waals surface area contributed by atoms with Crippen LogP contribution in [0.2, 0.25) is 0 Å². The van der Waals surface area contributed by atoms with Gasteiger partial charge in [-0.1, -0.05) is 30.3 Å². The first-order chi connectivity index (χ1) is 12.7. The molecule has 0 radical (unpaired) electrons. The summed E-state index contributed by atoms with van der Waals surface area (Å²) in [6.07, 6.45) is 1.94. The minimum atomic E-state index is -0.454. The summed E-state index contributed by atoms with van der Waals surface area (Å²) in [5.74, 6) is -0.372. The van der Waals surface area contributed by atoms with Gasteiger partial charge in [0.1, 0.15) is 0 Å². The van der Waals surface area contributed by atoms with Crippen LogP contribution in [-0.4, -0.2) is 59.2 Å². The van der Waals surface area contributed by atoms with Crippen molar-refractivity contribution >= 4 is 11.9 Å². The van der Waals surface area contributed by atoms with E-state index >= 15 is 0 Å². The zero-order valence-corrected chi connectivity index (χ0v) is 14.9. The molecular weight excluding hydrogens is 334 g/mol. The fraction of sp³-hybridized carbons (Fsp3) is 0.421. The zero-order valence-electron chi connectivity index (χ0n) is 14.9. The molecule has 26 heavy (non-hydrogen) atoms. The lowest BCUT2D eigenvalue weighted by Gasteiger charge is -2.27. The van der Waals surface area contributed by atoms with E-state index in [1.165, 1.54) is 0 Å². The van der Waals surface area contributed by atoms with Gasteiger partial charge in [0.2, 0.25) is 5.91 Å². The van der Waals surface area contributed by atoms with Gasteiger partial charge in [0.05, 0.1) is 31.8 Å². The SMILES string of the molecule is CCOC(=O)c1ncn(CCC(=O)N2CCOCC2)c1-c1ccccc1. The second-order valence-corrected chi connectivity index (χ2v) is 5.96. The molecule has 1 aliphatic rings. The number of carbonyl (C=O) groups excluding carboxylic acids is 2. The number of nitrogens with zero attached hydrogens (tertiary/aromatic N) is 3. The van der Waals surface area contributed by atoms with Crippen molar-refractivity contribution in [1.82, 2.24) is 14.5 Å². The van der Waals surface area contributed by atoms with Crippen LogP contribution in [0.25, 0.3) is 11.3 Å². The fourth-order valence-corrected chi connectivity index (χ4v) is 2.99. The highest BCUT2D eigenvalue weighted by Crippen LogP contribution is 2.24. The van der Waals surface area contributed by atoms with Crippen LogP contribution in [0.3, 0.4) is 0 Å². The zero-order chi connectivity index (χ0) is 18.4. The largest absolute Gasteiger partial charge is 0.461 e. The van der Waals surface area contributed by atoms with Crippen LogP contribution in [0.1, 0.15) is 23.8 Å². The Morgan fingerprint density at radius 2 is 1.92 bits per heavy atom. The number of ether oxygens (including phenoxy) is 2. The van der Waals surface area contributed by atoms with Gasteiger partial charge in [-0.25, -0.2) is 9.78 Å².